The Balaban J connectivity index is 2.26. The van der Waals surface area contributed by atoms with Gasteiger partial charge in [0.2, 0.25) is 0 Å². The van der Waals surface area contributed by atoms with Gasteiger partial charge in [0, 0.05) is 11.6 Å². The van der Waals surface area contributed by atoms with Crippen molar-refractivity contribution in [2.75, 3.05) is 0 Å². The number of aliphatic hydroxyl groups is 1. The lowest BCUT2D eigenvalue weighted by molar-refractivity contribution is 0.0696. The first kappa shape index (κ1) is 14.3. The zero-order chi connectivity index (χ0) is 15.4. The van der Waals surface area contributed by atoms with Gasteiger partial charge in [-0.2, -0.15) is 0 Å². The summed E-state index contributed by atoms with van der Waals surface area (Å²) in [6.07, 6.45) is 0.977. The van der Waals surface area contributed by atoms with Gasteiger partial charge in [-0.1, -0.05) is 24.3 Å². The molecule has 0 aliphatic rings. The number of phenols is 1. The Kier molecular flexibility index (Phi) is 4.04. The third-order valence-electron chi connectivity index (χ3n) is 2.86. The van der Waals surface area contributed by atoms with Gasteiger partial charge in [0.25, 0.3) is 0 Å². The maximum absolute atomic E-state index is 11.9. The van der Waals surface area contributed by atoms with E-state index in [1.807, 2.05) is 0 Å². The second-order valence-corrected chi connectivity index (χ2v) is 4.29. The van der Waals surface area contributed by atoms with Crippen LogP contribution in [0.15, 0.2) is 54.6 Å². The number of benzene rings is 2. The predicted molar refractivity (Wildman–Crippen MR) is 76.4 cm³/mol. The van der Waals surface area contributed by atoms with Crippen molar-refractivity contribution < 1.29 is 24.9 Å². The van der Waals surface area contributed by atoms with Crippen molar-refractivity contribution >= 4 is 17.5 Å². The van der Waals surface area contributed by atoms with Gasteiger partial charge in [0.1, 0.15) is 11.5 Å². The topological polar surface area (TPSA) is 94.8 Å². The van der Waals surface area contributed by atoms with Crippen molar-refractivity contribution in [1.82, 2.24) is 0 Å². The van der Waals surface area contributed by atoms with Gasteiger partial charge in [-0.25, -0.2) is 4.79 Å². The van der Waals surface area contributed by atoms with Crippen LogP contribution in [-0.2, 0) is 0 Å². The number of carbonyl (C=O) groups excluding carboxylic acids is 1. The maximum Gasteiger partial charge on any atom is 0.335 e. The molecule has 0 unspecified atom stereocenters. The first-order valence-electron chi connectivity index (χ1n) is 6.06. The number of para-hydroxylation sites is 1. The van der Waals surface area contributed by atoms with Crippen LogP contribution in [0.5, 0.6) is 5.75 Å². The van der Waals surface area contributed by atoms with Crippen molar-refractivity contribution in [3.05, 3.63) is 71.3 Å². The standard InChI is InChI=1S/C16H12O5/c17-13-4-2-1-3-12(13)15(19)9-14(18)10-5-7-11(8-6-10)16(20)21/h1-9,17-18H,(H,20,21)/b14-9+. The van der Waals surface area contributed by atoms with Gasteiger partial charge in [-0.05, 0) is 24.3 Å². The van der Waals surface area contributed by atoms with E-state index < -0.39 is 11.8 Å². The smallest absolute Gasteiger partial charge is 0.335 e. The van der Waals surface area contributed by atoms with E-state index in [1.165, 1.54) is 36.4 Å². The Morgan fingerprint density at radius 1 is 0.857 bits per heavy atom. The molecule has 2 aromatic rings. The van der Waals surface area contributed by atoms with Crippen LogP contribution in [-0.4, -0.2) is 27.1 Å². The lowest BCUT2D eigenvalue weighted by Gasteiger charge is -2.03. The molecule has 0 radical (unpaired) electrons. The average Bonchev–Trinajstić information content (AvgIpc) is 2.47. The second-order valence-electron chi connectivity index (χ2n) is 4.29. The minimum absolute atomic E-state index is 0.0752. The van der Waals surface area contributed by atoms with Crippen LogP contribution in [0.25, 0.3) is 5.76 Å². The van der Waals surface area contributed by atoms with E-state index in [0.717, 1.165) is 6.08 Å². The zero-order valence-electron chi connectivity index (χ0n) is 10.9. The number of carboxylic acid groups (broad SMARTS) is 1. The highest BCUT2D eigenvalue weighted by Crippen LogP contribution is 2.19. The Bertz CT molecular complexity index is 714. The number of hydrogen-bond acceptors (Lipinski definition) is 4. The third-order valence-corrected chi connectivity index (χ3v) is 2.86. The minimum Gasteiger partial charge on any atom is -0.507 e. The van der Waals surface area contributed by atoms with Crippen molar-refractivity contribution in [3.8, 4) is 5.75 Å². The molecule has 0 aromatic heterocycles. The summed E-state index contributed by atoms with van der Waals surface area (Å²) in [4.78, 5) is 22.7. The molecule has 21 heavy (non-hydrogen) atoms. The Morgan fingerprint density at radius 2 is 1.43 bits per heavy atom. The molecule has 0 aliphatic carbocycles. The molecular formula is C16H12O5. The van der Waals surface area contributed by atoms with Crippen molar-refractivity contribution in [2.45, 2.75) is 0 Å². The van der Waals surface area contributed by atoms with Gasteiger partial charge in [0.05, 0.1) is 11.1 Å². The van der Waals surface area contributed by atoms with Gasteiger partial charge >= 0.3 is 5.97 Å². The van der Waals surface area contributed by atoms with Crippen LogP contribution in [0.3, 0.4) is 0 Å². The van der Waals surface area contributed by atoms with E-state index in [0.29, 0.717) is 5.56 Å². The molecule has 0 spiro atoms. The molecule has 0 saturated heterocycles. The van der Waals surface area contributed by atoms with Crippen molar-refractivity contribution in [1.29, 1.82) is 0 Å². The SMILES string of the molecule is O=C(O)c1ccc(/C(O)=C\C(=O)c2ccccc2O)cc1. The summed E-state index contributed by atoms with van der Waals surface area (Å²) in [5, 5.41) is 28.2. The van der Waals surface area contributed by atoms with Crippen LogP contribution in [0.1, 0.15) is 26.3 Å². The number of phenolic OH excluding ortho intramolecular Hbond substituents is 1. The van der Waals surface area contributed by atoms with Gasteiger partial charge < -0.3 is 15.3 Å². The number of aromatic hydroxyl groups is 1. The minimum atomic E-state index is -1.07. The Morgan fingerprint density at radius 3 is 2.00 bits per heavy atom. The molecule has 5 heteroatoms. The number of aromatic carboxylic acids is 1. The highest BCUT2D eigenvalue weighted by atomic mass is 16.4. The van der Waals surface area contributed by atoms with Crippen LogP contribution in [0, 0.1) is 0 Å². The molecule has 5 nitrogen and oxygen atoms in total. The lowest BCUT2D eigenvalue weighted by atomic mass is 10.1. The largest absolute Gasteiger partial charge is 0.507 e. The number of allylic oxidation sites excluding steroid dienone is 1. The number of carboxylic acids is 1. The van der Waals surface area contributed by atoms with E-state index in [9.17, 15) is 19.8 Å². The van der Waals surface area contributed by atoms with Crippen LogP contribution in [0.4, 0.5) is 0 Å². The summed E-state index contributed by atoms with van der Waals surface area (Å²) in [5.74, 6) is -2.10. The summed E-state index contributed by atoms with van der Waals surface area (Å²) in [5.41, 5.74) is 0.466. The summed E-state index contributed by atoms with van der Waals surface area (Å²) >= 11 is 0. The maximum atomic E-state index is 11.9. The summed E-state index contributed by atoms with van der Waals surface area (Å²) < 4.78 is 0. The molecule has 0 aliphatic heterocycles. The molecule has 0 atom stereocenters. The fourth-order valence-corrected chi connectivity index (χ4v) is 1.75. The fraction of sp³-hybridized carbons (Fsp3) is 0. The number of ketones is 1. The van der Waals surface area contributed by atoms with Gasteiger partial charge in [-0.3, -0.25) is 4.79 Å². The summed E-state index contributed by atoms with van der Waals surface area (Å²) in [7, 11) is 0. The molecule has 0 fully saturated rings. The molecule has 3 N–H and O–H groups in total. The molecule has 0 heterocycles. The quantitative estimate of drug-likeness (QED) is 0.456. The van der Waals surface area contributed by atoms with Crippen LogP contribution < -0.4 is 0 Å². The normalized spacial score (nSPS) is 11.1. The predicted octanol–water partition coefficient (Wildman–Crippen LogP) is 2.87. The third kappa shape index (κ3) is 3.27. The Labute approximate surface area is 120 Å². The van der Waals surface area contributed by atoms with Gasteiger partial charge in [0.15, 0.2) is 5.78 Å². The number of aliphatic hydroxyl groups excluding tert-OH is 1. The molecule has 0 bridgehead atoms. The van der Waals surface area contributed by atoms with Crippen molar-refractivity contribution in [2.24, 2.45) is 0 Å². The monoisotopic (exact) mass is 284 g/mol. The highest BCUT2D eigenvalue weighted by Gasteiger charge is 2.10. The molecule has 106 valence electrons. The molecule has 0 amide bonds. The number of rotatable bonds is 4. The number of carbonyl (C=O) groups is 2. The molecule has 2 aromatic carbocycles. The van der Waals surface area contributed by atoms with E-state index >= 15 is 0 Å². The van der Waals surface area contributed by atoms with E-state index in [4.69, 9.17) is 5.11 Å². The van der Waals surface area contributed by atoms with E-state index in [1.54, 1.807) is 12.1 Å². The van der Waals surface area contributed by atoms with E-state index in [2.05, 4.69) is 0 Å². The van der Waals surface area contributed by atoms with Gasteiger partial charge in [-0.15, -0.1) is 0 Å². The van der Waals surface area contributed by atoms with E-state index in [-0.39, 0.29) is 22.6 Å². The van der Waals surface area contributed by atoms with Crippen LogP contribution in [0.2, 0.25) is 0 Å². The fourth-order valence-electron chi connectivity index (χ4n) is 1.75. The molecule has 0 saturated carbocycles. The second kappa shape index (κ2) is 5.92. The highest BCUT2D eigenvalue weighted by molar-refractivity contribution is 6.09. The summed E-state index contributed by atoms with van der Waals surface area (Å²) in [6, 6.07) is 11.4. The van der Waals surface area contributed by atoms with Crippen molar-refractivity contribution in [3.63, 3.8) is 0 Å². The number of hydrogen-bond donors (Lipinski definition) is 3. The average molecular weight is 284 g/mol. The first-order valence-corrected chi connectivity index (χ1v) is 6.06. The molecular weight excluding hydrogens is 272 g/mol. The Hall–Kier alpha value is -3.08. The first-order chi connectivity index (χ1) is 9.99. The van der Waals surface area contributed by atoms with Crippen LogP contribution >= 0.6 is 0 Å². The lowest BCUT2D eigenvalue weighted by Crippen LogP contribution is -1.98. The molecule has 2 rings (SSSR count). The zero-order valence-corrected chi connectivity index (χ0v) is 10.9. The summed E-state index contributed by atoms with van der Waals surface area (Å²) in [6.45, 7) is 0.